The Hall–Kier alpha value is -3.55. The average molecular weight is 392 g/mol. The number of aromatic nitrogens is 3. The molecule has 7 nitrogen and oxygen atoms in total. The molecule has 0 bridgehead atoms. The number of para-hydroxylation sites is 1. The summed E-state index contributed by atoms with van der Waals surface area (Å²) in [6.07, 6.45) is 6.51. The maximum atomic E-state index is 14.0. The Labute approximate surface area is 168 Å². The molecule has 0 saturated carbocycles. The van der Waals surface area contributed by atoms with Crippen molar-refractivity contribution in [1.29, 1.82) is 0 Å². The number of pyridine rings is 1. The Kier molecular flexibility index (Phi) is 5.60. The third kappa shape index (κ3) is 4.48. The van der Waals surface area contributed by atoms with Gasteiger partial charge in [-0.05, 0) is 29.8 Å². The number of nitrogens with one attached hydrogen (secondary N) is 1. The van der Waals surface area contributed by atoms with Crippen LogP contribution in [0.4, 0.5) is 15.9 Å². The van der Waals surface area contributed by atoms with Crippen molar-refractivity contribution in [2.75, 3.05) is 36.4 Å². The quantitative estimate of drug-likeness (QED) is 0.720. The van der Waals surface area contributed by atoms with Gasteiger partial charge in [0, 0.05) is 45.1 Å². The van der Waals surface area contributed by atoms with Gasteiger partial charge in [-0.2, -0.15) is 0 Å². The molecule has 1 aliphatic rings. The van der Waals surface area contributed by atoms with Crippen molar-refractivity contribution in [2.45, 2.75) is 6.54 Å². The second-order valence-corrected chi connectivity index (χ2v) is 6.73. The first-order valence-electron chi connectivity index (χ1n) is 9.44. The highest BCUT2D eigenvalue weighted by Gasteiger charge is 2.24. The van der Waals surface area contributed by atoms with Crippen LogP contribution in [-0.2, 0) is 6.54 Å². The van der Waals surface area contributed by atoms with E-state index in [9.17, 15) is 9.18 Å². The van der Waals surface area contributed by atoms with E-state index in [4.69, 9.17) is 0 Å². The summed E-state index contributed by atoms with van der Waals surface area (Å²) >= 11 is 0. The number of carbonyl (C=O) groups is 1. The predicted octanol–water partition coefficient (Wildman–Crippen LogP) is 2.59. The molecule has 1 saturated heterocycles. The summed E-state index contributed by atoms with van der Waals surface area (Å²) < 4.78 is 14.0. The van der Waals surface area contributed by atoms with Gasteiger partial charge in [0.05, 0.1) is 18.1 Å². The van der Waals surface area contributed by atoms with Crippen LogP contribution in [0.1, 0.15) is 16.1 Å². The van der Waals surface area contributed by atoms with Crippen LogP contribution in [0, 0.1) is 5.82 Å². The Morgan fingerprint density at radius 3 is 2.45 bits per heavy atom. The van der Waals surface area contributed by atoms with Crippen LogP contribution in [0.2, 0.25) is 0 Å². The van der Waals surface area contributed by atoms with E-state index in [1.165, 1.54) is 12.3 Å². The lowest BCUT2D eigenvalue weighted by Crippen LogP contribution is -2.49. The molecule has 1 amide bonds. The summed E-state index contributed by atoms with van der Waals surface area (Å²) in [6.45, 7) is 2.77. The van der Waals surface area contributed by atoms with Crippen LogP contribution in [0.25, 0.3) is 0 Å². The van der Waals surface area contributed by atoms with Gasteiger partial charge in [-0.3, -0.25) is 9.78 Å². The normalized spacial score (nSPS) is 14.0. The van der Waals surface area contributed by atoms with E-state index in [2.05, 4.69) is 20.3 Å². The van der Waals surface area contributed by atoms with Crippen LogP contribution in [0.15, 0.2) is 61.2 Å². The molecule has 4 rings (SSSR count). The smallest absolute Gasteiger partial charge is 0.274 e. The number of amides is 1. The van der Waals surface area contributed by atoms with E-state index in [0.29, 0.717) is 49.9 Å². The van der Waals surface area contributed by atoms with Gasteiger partial charge in [-0.1, -0.05) is 12.1 Å². The summed E-state index contributed by atoms with van der Waals surface area (Å²) in [5.41, 5.74) is 1.96. The fourth-order valence-corrected chi connectivity index (χ4v) is 3.24. The van der Waals surface area contributed by atoms with Crippen LogP contribution < -0.4 is 10.2 Å². The molecule has 148 valence electrons. The third-order valence-corrected chi connectivity index (χ3v) is 4.85. The van der Waals surface area contributed by atoms with Crippen molar-refractivity contribution >= 4 is 17.4 Å². The highest BCUT2D eigenvalue weighted by molar-refractivity contribution is 5.92. The van der Waals surface area contributed by atoms with Crippen molar-refractivity contribution in [3.63, 3.8) is 0 Å². The maximum Gasteiger partial charge on any atom is 0.274 e. The van der Waals surface area contributed by atoms with Crippen molar-refractivity contribution in [3.05, 3.63) is 78.3 Å². The summed E-state index contributed by atoms with van der Waals surface area (Å²) in [7, 11) is 0. The van der Waals surface area contributed by atoms with Crippen molar-refractivity contribution < 1.29 is 9.18 Å². The minimum absolute atomic E-state index is 0.161. The topological polar surface area (TPSA) is 74.2 Å². The molecule has 0 atom stereocenters. The molecule has 0 aliphatic carbocycles. The molecule has 2 aromatic heterocycles. The lowest BCUT2D eigenvalue weighted by Gasteiger charge is -2.36. The van der Waals surface area contributed by atoms with Gasteiger partial charge in [0.15, 0.2) is 0 Å². The van der Waals surface area contributed by atoms with Crippen LogP contribution in [0.3, 0.4) is 0 Å². The Balaban J connectivity index is 1.32. The van der Waals surface area contributed by atoms with E-state index in [0.717, 1.165) is 5.56 Å². The fraction of sp³-hybridized carbons (Fsp3) is 0.238. The van der Waals surface area contributed by atoms with Crippen LogP contribution in [0.5, 0.6) is 0 Å². The molecule has 1 aliphatic heterocycles. The van der Waals surface area contributed by atoms with Gasteiger partial charge in [-0.15, -0.1) is 0 Å². The first-order valence-corrected chi connectivity index (χ1v) is 9.44. The number of anilines is 2. The van der Waals surface area contributed by atoms with Crippen molar-refractivity contribution in [3.8, 4) is 0 Å². The minimum atomic E-state index is -0.243. The maximum absolute atomic E-state index is 14.0. The van der Waals surface area contributed by atoms with E-state index >= 15 is 0 Å². The van der Waals surface area contributed by atoms with Gasteiger partial charge in [0.1, 0.15) is 17.3 Å². The van der Waals surface area contributed by atoms with Crippen molar-refractivity contribution in [1.82, 2.24) is 19.9 Å². The van der Waals surface area contributed by atoms with E-state index in [1.54, 1.807) is 35.6 Å². The Morgan fingerprint density at radius 1 is 1.00 bits per heavy atom. The van der Waals surface area contributed by atoms with E-state index < -0.39 is 0 Å². The van der Waals surface area contributed by atoms with Gasteiger partial charge in [-0.25, -0.2) is 14.4 Å². The molecule has 1 fully saturated rings. The number of carbonyl (C=O) groups excluding carboxylic acids is 1. The average Bonchev–Trinajstić information content (AvgIpc) is 2.79. The number of hydrogen-bond donors (Lipinski definition) is 1. The molecule has 0 radical (unpaired) electrons. The van der Waals surface area contributed by atoms with Crippen LogP contribution in [-0.4, -0.2) is 51.9 Å². The van der Waals surface area contributed by atoms with Gasteiger partial charge >= 0.3 is 0 Å². The van der Waals surface area contributed by atoms with Gasteiger partial charge in [0.2, 0.25) is 0 Å². The van der Waals surface area contributed by atoms with Gasteiger partial charge < -0.3 is 15.1 Å². The minimum Gasteiger partial charge on any atom is -0.366 e. The summed E-state index contributed by atoms with van der Waals surface area (Å²) in [5, 5.41) is 3.17. The number of rotatable bonds is 5. The summed E-state index contributed by atoms with van der Waals surface area (Å²) in [6, 6.07) is 10.5. The molecule has 3 heterocycles. The molecule has 1 N–H and O–H groups in total. The SMILES string of the molecule is O=C(c1cnc(NCc2ccncc2)cn1)N1CCN(c2ccccc2F)CC1. The first-order chi connectivity index (χ1) is 14.2. The molecule has 0 spiro atoms. The number of hydrogen-bond acceptors (Lipinski definition) is 6. The van der Waals surface area contributed by atoms with Crippen molar-refractivity contribution in [2.24, 2.45) is 0 Å². The zero-order chi connectivity index (χ0) is 20.1. The van der Waals surface area contributed by atoms with Gasteiger partial charge in [0.25, 0.3) is 5.91 Å². The molecule has 29 heavy (non-hydrogen) atoms. The lowest BCUT2D eigenvalue weighted by molar-refractivity contribution is 0.0740. The summed E-state index contributed by atoms with van der Waals surface area (Å²) in [5.74, 6) is 0.196. The Morgan fingerprint density at radius 2 is 1.76 bits per heavy atom. The molecule has 0 unspecified atom stereocenters. The molecule has 1 aromatic carbocycles. The second kappa shape index (κ2) is 8.64. The molecule has 8 heteroatoms. The standard InChI is InChI=1S/C21H21FN6O/c22-17-3-1-2-4-19(17)27-9-11-28(12-10-27)21(29)18-14-26-20(15-24-18)25-13-16-5-7-23-8-6-16/h1-8,14-15H,9-13H2,(H,25,26). The highest BCUT2D eigenvalue weighted by Crippen LogP contribution is 2.20. The number of nitrogens with zero attached hydrogens (tertiary/aromatic N) is 5. The Bertz CT molecular complexity index is 958. The fourth-order valence-electron chi connectivity index (χ4n) is 3.24. The lowest BCUT2D eigenvalue weighted by atomic mass is 10.2. The highest BCUT2D eigenvalue weighted by atomic mass is 19.1. The molecule has 3 aromatic rings. The van der Waals surface area contributed by atoms with E-state index in [1.807, 2.05) is 23.1 Å². The first kappa shape index (κ1) is 18.8. The zero-order valence-corrected chi connectivity index (χ0v) is 15.8. The largest absolute Gasteiger partial charge is 0.366 e. The monoisotopic (exact) mass is 392 g/mol. The predicted molar refractivity (Wildman–Crippen MR) is 108 cm³/mol. The number of halogens is 1. The third-order valence-electron chi connectivity index (χ3n) is 4.85. The summed E-state index contributed by atoms with van der Waals surface area (Å²) in [4.78, 5) is 28.9. The van der Waals surface area contributed by atoms with Crippen LogP contribution >= 0.6 is 0 Å². The second-order valence-electron chi connectivity index (χ2n) is 6.73. The van der Waals surface area contributed by atoms with E-state index in [-0.39, 0.29) is 11.7 Å². The molecular weight excluding hydrogens is 371 g/mol. The number of piperazine rings is 1. The molecular formula is C21H21FN6O. The zero-order valence-electron chi connectivity index (χ0n) is 15.8. The number of benzene rings is 1.